The van der Waals surface area contributed by atoms with Crippen molar-refractivity contribution in [3.05, 3.63) is 75.8 Å². The normalized spacial score (nSPS) is 16.4. The van der Waals surface area contributed by atoms with Crippen molar-refractivity contribution in [3.8, 4) is 0 Å². The van der Waals surface area contributed by atoms with Crippen molar-refractivity contribution in [2.45, 2.75) is 45.7 Å². The number of carbonyl (C=O) groups excluding carboxylic acids is 2. The highest BCUT2D eigenvalue weighted by atomic mass is 32.1. The molecule has 7 nitrogen and oxygen atoms in total. The average molecular weight is 504 g/mol. The number of amides is 3. The Morgan fingerprint density at radius 3 is 2.56 bits per heavy atom. The lowest BCUT2D eigenvalue weighted by Gasteiger charge is -2.37. The minimum atomic E-state index is -0.00649. The number of nitrogens with zero attached hydrogens (tertiary/aromatic N) is 4. The number of para-hydroxylation sites is 1. The molecule has 1 aromatic heterocycles. The Morgan fingerprint density at radius 1 is 1.08 bits per heavy atom. The van der Waals surface area contributed by atoms with Crippen molar-refractivity contribution in [3.63, 3.8) is 0 Å². The molecule has 0 radical (unpaired) electrons. The van der Waals surface area contributed by atoms with Gasteiger partial charge in [0, 0.05) is 45.0 Å². The first-order valence-electron chi connectivity index (χ1n) is 12.6. The minimum absolute atomic E-state index is 0.00649. The number of piperidine rings is 1. The van der Waals surface area contributed by atoms with Crippen LogP contribution in [-0.2, 0) is 13.0 Å². The summed E-state index contributed by atoms with van der Waals surface area (Å²) in [5, 5.41) is 3.98. The van der Waals surface area contributed by atoms with Gasteiger partial charge >= 0.3 is 6.03 Å². The summed E-state index contributed by atoms with van der Waals surface area (Å²) < 4.78 is 0. The topological polar surface area (TPSA) is 68.8 Å². The molecular formula is C28H33N5O2S. The van der Waals surface area contributed by atoms with Crippen LogP contribution in [0.3, 0.4) is 0 Å². The maximum Gasteiger partial charge on any atom is 0.322 e. The Balaban J connectivity index is 1.20. The van der Waals surface area contributed by atoms with Gasteiger partial charge in [0.2, 0.25) is 0 Å². The molecule has 188 valence electrons. The van der Waals surface area contributed by atoms with Gasteiger partial charge < -0.3 is 20.0 Å². The second-order valence-electron chi connectivity index (χ2n) is 9.81. The number of aromatic nitrogens is 1. The van der Waals surface area contributed by atoms with E-state index in [4.69, 9.17) is 4.98 Å². The van der Waals surface area contributed by atoms with E-state index in [1.54, 1.807) is 4.90 Å². The molecule has 0 unspecified atom stereocenters. The highest BCUT2D eigenvalue weighted by molar-refractivity contribution is 7.17. The number of thiazole rings is 1. The Morgan fingerprint density at radius 2 is 1.81 bits per heavy atom. The number of aryl methyl sites for hydroxylation is 2. The number of urea groups is 1. The molecule has 3 amide bonds. The molecule has 3 aromatic rings. The van der Waals surface area contributed by atoms with Crippen LogP contribution in [0.1, 0.15) is 44.9 Å². The number of carbonyl (C=O) groups is 2. The van der Waals surface area contributed by atoms with Crippen LogP contribution in [0, 0.1) is 13.8 Å². The van der Waals surface area contributed by atoms with Gasteiger partial charge in [-0.1, -0.05) is 59.4 Å². The van der Waals surface area contributed by atoms with Crippen LogP contribution in [0.15, 0.2) is 48.5 Å². The molecule has 0 spiro atoms. The third-order valence-corrected chi connectivity index (χ3v) is 8.39. The maximum absolute atomic E-state index is 13.2. The van der Waals surface area contributed by atoms with Crippen molar-refractivity contribution in [1.82, 2.24) is 14.8 Å². The molecule has 0 saturated carbocycles. The summed E-state index contributed by atoms with van der Waals surface area (Å²) in [6, 6.07) is 16.5. The fraction of sp³-hybridized carbons (Fsp3) is 0.393. The van der Waals surface area contributed by atoms with Crippen LogP contribution in [0.4, 0.5) is 15.6 Å². The molecule has 0 aliphatic carbocycles. The third kappa shape index (κ3) is 5.09. The summed E-state index contributed by atoms with van der Waals surface area (Å²) in [7, 11) is 1.84. The summed E-state index contributed by atoms with van der Waals surface area (Å²) in [5.41, 5.74) is 5.21. The van der Waals surface area contributed by atoms with Gasteiger partial charge in [-0.05, 0) is 50.3 Å². The van der Waals surface area contributed by atoms with Crippen molar-refractivity contribution < 1.29 is 9.59 Å². The highest BCUT2D eigenvalue weighted by Gasteiger charge is 2.31. The summed E-state index contributed by atoms with van der Waals surface area (Å²) in [6.07, 6.45) is 2.64. The summed E-state index contributed by atoms with van der Waals surface area (Å²) in [6.45, 7) is 6.92. The van der Waals surface area contributed by atoms with Gasteiger partial charge in [0.1, 0.15) is 4.88 Å². The van der Waals surface area contributed by atoms with E-state index >= 15 is 0 Å². The summed E-state index contributed by atoms with van der Waals surface area (Å²) >= 11 is 1.48. The minimum Gasteiger partial charge on any atom is -0.348 e. The lowest BCUT2D eigenvalue weighted by molar-refractivity contribution is 0.0789. The molecule has 1 saturated heterocycles. The SMILES string of the molecule is Cc1ccc(CN(C)C(=O)c2sc(N3CCC(N4CCc5ccccc5NC4=O)CC3)nc2C)cc1. The monoisotopic (exact) mass is 503 g/mol. The van der Waals surface area contributed by atoms with Gasteiger partial charge in [-0.3, -0.25) is 4.79 Å². The molecule has 0 bridgehead atoms. The molecule has 5 rings (SSSR count). The van der Waals surface area contributed by atoms with Gasteiger partial charge in [0.25, 0.3) is 5.91 Å². The van der Waals surface area contributed by atoms with E-state index in [9.17, 15) is 9.59 Å². The average Bonchev–Trinajstić information content (AvgIpc) is 3.18. The lowest BCUT2D eigenvalue weighted by atomic mass is 10.0. The van der Waals surface area contributed by atoms with Crippen LogP contribution in [0.2, 0.25) is 0 Å². The molecule has 0 atom stereocenters. The molecule has 8 heteroatoms. The Bertz CT molecular complexity index is 1250. The third-order valence-electron chi connectivity index (χ3n) is 7.18. The summed E-state index contributed by atoms with van der Waals surface area (Å²) in [5.74, 6) is 0.00696. The smallest absolute Gasteiger partial charge is 0.322 e. The van der Waals surface area contributed by atoms with Crippen molar-refractivity contribution in [1.29, 1.82) is 0 Å². The highest BCUT2D eigenvalue weighted by Crippen LogP contribution is 2.31. The van der Waals surface area contributed by atoms with E-state index in [1.165, 1.54) is 22.5 Å². The quantitative estimate of drug-likeness (QED) is 0.527. The van der Waals surface area contributed by atoms with Gasteiger partial charge in [-0.25, -0.2) is 9.78 Å². The van der Waals surface area contributed by atoms with E-state index < -0.39 is 0 Å². The molecule has 3 heterocycles. The first-order valence-corrected chi connectivity index (χ1v) is 13.4. The van der Waals surface area contributed by atoms with Crippen LogP contribution >= 0.6 is 11.3 Å². The number of nitrogens with one attached hydrogen (secondary N) is 1. The maximum atomic E-state index is 13.2. The number of hydrogen-bond acceptors (Lipinski definition) is 5. The van der Waals surface area contributed by atoms with Crippen molar-refractivity contribution in [2.24, 2.45) is 0 Å². The van der Waals surface area contributed by atoms with Crippen LogP contribution < -0.4 is 10.2 Å². The van der Waals surface area contributed by atoms with E-state index in [0.29, 0.717) is 11.4 Å². The van der Waals surface area contributed by atoms with Gasteiger partial charge in [0.15, 0.2) is 5.13 Å². The standard InChI is InChI=1S/C28H33N5O2S/c1-19-8-10-21(11-9-19)18-31(3)26(34)25-20(2)29-28(36-25)32-15-13-23(14-16-32)33-17-12-22-6-4-5-7-24(22)30-27(33)35/h4-11,23H,12-18H2,1-3H3,(H,30,35). The predicted octanol–water partition coefficient (Wildman–Crippen LogP) is 5.09. The molecule has 2 aromatic carbocycles. The zero-order chi connectivity index (χ0) is 25.2. The fourth-order valence-corrected chi connectivity index (χ4v) is 6.15. The number of benzene rings is 2. The van der Waals surface area contributed by atoms with E-state index in [-0.39, 0.29) is 18.0 Å². The van der Waals surface area contributed by atoms with E-state index in [0.717, 1.165) is 61.0 Å². The molecule has 2 aliphatic rings. The number of fused-ring (bicyclic) bond motifs is 1. The van der Waals surface area contributed by atoms with E-state index in [1.807, 2.05) is 37.1 Å². The number of rotatable bonds is 5. The number of hydrogen-bond donors (Lipinski definition) is 1. The van der Waals surface area contributed by atoms with Gasteiger partial charge in [-0.2, -0.15) is 0 Å². The second-order valence-corrected chi connectivity index (χ2v) is 10.8. The molecule has 1 N–H and O–H groups in total. The number of anilines is 2. The zero-order valence-corrected chi connectivity index (χ0v) is 22.0. The second kappa shape index (κ2) is 10.3. The largest absolute Gasteiger partial charge is 0.348 e. The lowest BCUT2D eigenvalue weighted by Crippen LogP contribution is -2.48. The molecule has 36 heavy (non-hydrogen) atoms. The zero-order valence-electron chi connectivity index (χ0n) is 21.2. The Hall–Kier alpha value is -3.39. The van der Waals surface area contributed by atoms with Crippen molar-refractivity contribution >= 4 is 34.1 Å². The van der Waals surface area contributed by atoms with Gasteiger partial charge in [0.05, 0.1) is 5.69 Å². The van der Waals surface area contributed by atoms with E-state index in [2.05, 4.69) is 47.5 Å². The van der Waals surface area contributed by atoms with Crippen LogP contribution in [0.5, 0.6) is 0 Å². The first-order chi connectivity index (χ1) is 17.4. The van der Waals surface area contributed by atoms with Gasteiger partial charge in [-0.15, -0.1) is 0 Å². The molecule has 1 fully saturated rings. The van der Waals surface area contributed by atoms with Crippen LogP contribution in [0.25, 0.3) is 0 Å². The molecule has 2 aliphatic heterocycles. The summed E-state index contributed by atoms with van der Waals surface area (Å²) in [4.78, 5) is 37.6. The first kappa shape index (κ1) is 24.3. The fourth-order valence-electron chi connectivity index (χ4n) is 5.04. The molecular weight excluding hydrogens is 470 g/mol. The Labute approximate surface area is 216 Å². The van der Waals surface area contributed by atoms with Crippen LogP contribution in [-0.4, -0.2) is 59.4 Å². The Kier molecular flexibility index (Phi) is 6.96. The predicted molar refractivity (Wildman–Crippen MR) is 145 cm³/mol. The van der Waals surface area contributed by atoms with Crippen molar-refractivity contribution in [2.75, 3.05) is 36.9 Å².